The molecule has 0 amide bonds. The van der Waals surface area contributed by atoms with Crippen LogP contribution in [0.5, 0.6) is 5.75 Å². The molecule has 2 aromatic carbocycles. The number of unbranched alkanes of at least 4 members (excludes halogenated alkanes) is 1. The minimum absolute atomic E-state index is 0.0830. The molecule has 2 saturated heterocycles. The van der Waals surface area contributed by atoms with Gasteiger partial charge in [0.25, 0.3) is 5.56 Å². The molecule has 228 valence electrons. The SMILES string of the molecule is O=C(CCC1CCNCC1)OCn1c(=O)ccc2ccc(OCCCCN3CCN(c4cccc5sccc45)CC3)cc21. The summed E-state index contributed by atoms with van der Waals surface area (Å²) < 4.78 is 14.5. The molecular weight excluding hydrogens is 560 g/mol. The maximum atomic E-state index is 12.7. The minimum atomic E-state index is -0.254. The lowest BCUT2D eigenvalue weighted by molar-refractivity contribution is -0.147. The third kappa shape index (κ3) is 7.58. The number of piperidine rings is 1. The molecule has 0 aliphatic carbocycles. The fourth-order valence-electron chi connectivity index (χ4n) is 6.29. The van der Waals surface area contributed by atoms with Crippen LogP contribution in [0.4, 0.5) is 5.69 Å². The van der Waals surface area contributed by atoms with E-state index in [1.165, 1.54) is 26.4 Å². The Labute approximate surface area is 257 Å². The number of carbonyl (C=O) groups is 1. The molecule has 0 spiro atoms. The maximum Gasteiger partial charge on any atom is 0.307 e. The average Bonchev–Trinajstić information content (AvgIpc) is 3.53. The standard InChI is InChI=1S/C34H42N4O4S/c39-33-10-8-27-7-9-28(24-31(27)38(33)25-42-34(40)11-6-26-12-15-35-16-13-26)41-22-2-1-17-36-18-20-37(21-19-36)30-4-3-5-32-29(30)14-23-43-32/h3-5,7-10,14,23-24,26,35H,1-2,6,11-13,15-22,25H2. The first kappa shape index (κ1) is 29.7. The van der Waals surface area contributed by atoms with Gasteiger partial charge in [0.1, 0.15) is 5.75 Å². The maximum absolute atomic E-state index is 12.7. The number of piperazine rings is 1. The summed E-state index contributed by atoms with van der Waals surface area (Å²) in [6, 6.07) is 18.0. The van der Waals surface area contributed by atoms with Crippen LogP contribution in [0.15, 0.2) is 64.8 Å². The van der Waals surface area contributed by atoms with Gasteiger partial charge in [0, 0.05) is 60.5 Å². The molecule has 0 bridgehead atoms. The average molecular weight is 603 g/mol. The van der Waals surface area contributed by atoms with Gasteiger partial charge >= 0.3 is 5.97 Å². The quantitative estimate of drug-likeness (QED) is 0.170. The highest BCUT2D eigenvalue weighted by Gasteiger charge is 2.19. The van der Waals surface area contributed by atoms with E-state index in [0.29, 0.717) is 24.5 Å². The van der Waals surface area contributed by atoms with E-state index in [4.69, 9.17) is 9.47 Å². The number of hydrogen-bond donors (Lipinski definition) is 1. The predicted octanol–water partition coefficient (Wildman–Crippen LogP) is 5.48. The Hall–Kier alpha value is -3.40. The lowest BCUT2D eigenvalue weighted by Crippen LogP contribution is -2.46. The van der Waals surface area contributed by atoms with Gasteiger partial charge in [0.05, 0.1) is 12.1 Å². The number of benzene rings is 2. The Bertz CT molecular complexity index is 1570. The molecule has 1 N–H and O–H groups in total. The summed E-state index contributed by atoms with van der Waals surface area (Å²) in [5, 5.41) is 7.81. The first-order valence-electron chi connectivity index (χ1n) is 15.7. The summed E-state index contributed by atoms with van der Waals surface area (Å²) in [6.07, 6.45) is 5.47. The third-order valence-corrected chi connectivity index (χ3v) is 9.74. The van der Waals surface area contributed by atoms with Gasteiger partial charge in [-0.2, -0.15) is 0 Å². The number of esters is 1. The number of pyridine rings is 1. The van der Waals surface area contributed by atoms with E-state index >= 15 is 0 Å². The van der Waals surface area contributed by atoms with Crippen molar-refractivity contribution in [2.24, 2.45) is 5.92 Å². The van der Waals surface area contributed by atoms with Crippen molar-refractivity contribution < 1.29 is 14.3 Å². The molecule has 43 heavy (non-hydrogen) atoms. The predicted molar refractivity (Wildman–Crippen MR) is 174 cm³/mol. The molecule has 9 heteroatoms. The summed E-state index contributed by atoms with van der Waals surface area (Å²) in [5.74, 6) is 1.03. The van der Waals surface area contributed by atoms with Gasteiger partial charge in [-0.3, -0.25) is 19.1 Å². The zero-order valence-corrected chi connectivity index (χ0v) is 25.7. The van der Waals surface area contributed by atoms with E-state index in [-0.39, 0.29) is 18.3 Å². The number of thiophene rings is 1. The second-order valence-electron chi connectivity index (χ2n) is 11.7. The summed E-state index contributed by atoms with van der Waals surface area (Å²) in [7, 11) is 0. The fourth-order valence-corrected chi connectivity index (χ4v) is 7.09. The molecule has 2 aromatic heterocycles. The van der Waals surface area contributed by atoms with Crippen molar-refractivity contribution in [2.45, 2.75) is 45.3 Å². The third-order valence-electron chi connectivity index (χ3n) is 8.86. The van der Waals surface area contributed by atoms with Crippen LogP contribution in [0.3, 0.4) is 0 Å². The van der Waals surface area contributed by atoms with Gasteiger partial charge < -0.3 is 19.7 Å². The molecule has 0 atom stereocenters. The van der Waals surface area contributed by atoms with Crippen molar-refractivity contribution in [1.29, 1.82) is 0 Å². The minimum Gasteiger partial charge on any atom is -0.494 e. The monoisotopic (exact) mass is 602 g/mol. The van der Waals surface area contributed by atoms with Crippen LogP contribution >= 0.6 is 11.3 Å². The summed E-state index contributed by atoms with van der Waals surface area (Å²) in [6.45, 7) is 7.89. The van der Waals surface area contributed by atoms with E-state index in [9.17, 15) is 9.59 Å². The molecule has 4 heterocycles. The Morgan fingerprint density at radius 3 is 2.67 bits per heavy atom. The van der Waals surface area contributed by atoms with Crippen LogP contribution in [0.25, 0.3) is 21.0 Å². The number of hydrogen-bond acceptors (Lipinski definition) is 8. The number of nitrogens with zero attached hydrogens (tertiary/aromatic N) is 3. The highest BCUT2D eigenvalue weighted by atomic mass is 32.1. The molecule has 0 saturated carbocycles. The van der Waals surface area contributed by atoms with Crippen molar-refractivity contribution in [3.8, 4) is 5.75 Å². The van der Waals surface area contributed by atoms with Gasteiger partial charge in [0.15, 0.2) is 6.73 Å². The van der Waals surface area contributed by atoms with Crippen molar-refractivity contribution in [2.75, 3.05) is 57.3 Å². The second kappa shape index (κ2) is 14.4. The summed E-state index contributed by atoms with van der Waals surface area (Å²) in [5.41, 5.74) is 1.88. The largest absolute Gasteiger partial charge is 0.494 e. The van der Waals surface area contributed by atoms with Gasteiger partial charge in [0.2, 0.25) is 0 Å². The van der Waals surface area contributed by atoms with E-state index in [0.717, 1.165) is 89.1 Å². The molecule has 0 radical (unpaired) electrons. The molecule has 6 rings (SSSR count). The zero-order valence-electron chi connectivity index (χ0n) is 24.8. The van der Waals surface area contributed by atoms with E-state index in [1.807, 2.05) is 18.2 Å². The van der Waals surface area contributed by atoms with Crippen molar-refractivity contribution in [3.05, 3.63) is 70.3 Å². The number of fused-ring (bicyclic) bond motifs is 2. The summed E-state index contributed by atoms with van der Waals surface area (Å²) >= 11 is 1.81. The highest BCUT2D eigenvalue weighted by Crippen LogP contribution is 2.31. The van der Waals surface area contributed by atoms with Crippen LogP contribution in [-0.4, -0.2) is 67.9 Å². The number of ether oxygens (including phenoxy) is 2. The first-order chi connectivity index (χ1) is 21.1. The number of anilines is 1. The normalized spacial score (nSPS) is 16.6. The molecule has 2 aliphatic rings. The van der Waals surface area contributed by atoms with Gasteiger partial charge in [-0.25, -0.2) is 0 Å². The van der Waals surface area contributed by atoms with Gasteiger partial charge in [-0.15, -0.1) is 11.3 Å². The molecular formula is C34H42N4O4S. The van der Waals surface area contributed by atoms with Crippen molar-refractivity contribution in [3.63, 3.8) is 0 Å². The topological polar surface area (TPSA) is 76.0 Å². The Balaban J connectivity index is 0.944. The Morgan fingerprint density at radius 1 is 0.977 bits per heavy atom. The van der Waals surface area contributed by atoms with Crippen LogP contribution in [0.1, 0.15) is 38.5 Å². The number of aromatic nitrogens is 1. The Morgan fingerprint density at radius 2 is 1.81 bits per heavy atom. The number of nitrogens with one attached hydrogen (secondary N) is 1. The molecule has 2 aliphatic heterocycles. The zero-order chi connectivity index (χ0) is 29.4. The first-order valence-corrected chi connectivity index (χ1v) is 16.6. The van der Waals surface area contributed by atoms with E-state index in [1.54, 1.807) is 17.4 Å². The summed E-state index contributed by atoms with van der Waals surface area (Å²) in [4.78, 5) is 30.2. The lowest BCUT2D eigenvalue weighted by Gasteiger charge is -2.36. The van der Waals surface area contributed by atoms with Gasteiger partial charge in [-0.1, -0.05) is 6.07 Å². The highest BCUT2D eigenvalue weighted by molar-refractivity contribution is 7.17. The van der Waals surface area contributed by atoms with Crippen LogP contribution in [0, 0.1) is 5.92 Å². The number of carbonyl (C=O) groups excluding carboxylic acids is 1. The molecule has 2 fully saturated rings. The van der Waals surface area contributed by atoms with E-state index in [2.05, 4.69) is 44.8 Å². The van der Waals surface area contributed by atoms with Crippen molar-refractivity contribution in [1.82, 2.24) is 14.8 Å². The van der Waals surface area contributed by atoms with Crippen LogP contribution in [-0.2, 0) is 16.3 Å². The Kier molecular flexibility index (Phi) is 9.92. The molecule has 8 nitrogen and oxygen atoms in total. The fraction of sp³-hybridized carbons (Fsp3) is 0.471. The lowest BCUT2D eigenvalue weighted by atomic mass is 9.93. The smallest absolute Gasteiger partial charge is 0.307 e. The van der Waals surface area contributed by atoms with Crippen molar-refractivity contribution >= 4 is 44.0 Å². The molecule has 0 unspecified atom stereocenters. The van der Waals surface area contributed by atoms with E-state index < -0.39 is 0 Å². The molecule has 4 aromatic rings. The number of rotatable bonds is 12. The second-order valence-corrected chi connectivity index (χ2v) is 12.6. The van der Waals surface area contributed by atoms with Crippen LogP contribution in [0.2, 0.25) is 0 Å². The van der Waals surface area contributed by atoms with Gasteiger partial charge in [-0.05, 0) is 105 Å². The van der Waals surface area contributed by atoms with Crippen LogP contribution < -0.4 is 20.5 Å².